The molecule has 1 amide bonds. The molecule has 3 heterocycles. The van der Waals surface area contributed by atoms with Gasteiger partial charge in [-0.1, -0.05) is 0 Å². The van der Waals surface area contributed by atoms with Gasteiger partial charge in [0.1, 0.15) is 11.5 Å². The predicted octanol–water partition coefficient (Wildman–Crippen LogP) is 1.46. The molecule has 0 saturated carbocycles. The van der Waals surface area contributed by atoms with Gasteiger partial charge >= 0.3 is 0 Å². The van der Waals surface area contributed by atoms with Crippen LogP contribution >= 0.6 is 0 Å². The third kappa shape index (κ3) is 2.75. The first-order valence-electron chi connectivity index (χ1n) is 6.86. The number of hydrogen-bond acceptors (Lipinski definition) is 4. The van der Waals surface area contributed by atoms with E-state index in [1.807, 2.05) is 19.1 Å². The van der Waals surface area contributed by atoms with Gasteiger partial charge in [-0.05, 0) is 38.4 Å². The van der Waals surface area contributed by atoms with E-state index >= 15 is 0 Å². The van der Waals surface area contributed by atoms with Gasteiger partial charge < -0.3 is 15.1 Å². The van der Waals surface area contributed by atoms with Crippen molar-refractivity contribution < 1.29 is 9.21 Å². The quantitative estimate of drug-likeness (QED) is 0.791. The Morgan fingerprint density at radius 3 is 3.10 bits per heavy atom. The average molecular weight is 274 g/mol. The Morgan fingerprint density at radius 1 is 1.50 bits per heavy atom. The second-order valence-corrected chi connectivity index (χ2v) is 5.09. The Labute approximate surface area is 116 Å². The number of H-pyrrole nitrogens is 1. The summed E-state index contributed by atoms with van der Waals surface area (Å²) in [7, 11) is 0. The summed E-state index contributed by atoms with van der Waals surface area (Å²) >= 11 is 0. The van der Waals surface area contributed by atoms with Crippen molar-refractivity contribution in [2.75, 3.05) is 13.1 Å². The SMILES string of the molecule is Cc1ccc(-c2cc(C(=O)N[C@H]3CCCNC3)n[nH]2)o1. The molecule has 3 N–H and O–H groups in total. The minimum absolute atomic E-state index is 0.149. The van der Waals surface area contributed by atoms with Crippen LogP contribution in [0.2, 0.25) is 0 Å². The van der Waals surface area contributed by atoms with Gasteiger partial charge in [0.05, 0.1) is 0 Å². The van der Waals surface area contributed by atoms with E-state index < -0.39 is 0 Å². The number of carbonyl (C=O) groups excluding carboxylic acids is 1. The van der Waals surface area contributed by atoms with Gasteiger partial charge in [-0.25, -0.2) is 0 Å². The highest BCUT2D eigenvalue weighted by Crippen LogP contribution is 2.20. The van der Waals surface area contributed by atoms with Crippen LogP contribution in [-0.4, -0.2) is 35.2 Å². The van der Waals surface area contributed by atoms with Crippen molar-refractivity contribution in [1.82, 2.24) is 20.8 Å². The van der Waals surface area contributed by atoms with Crippen molar-refractivity contribution >= 4 is 5.91 Å². The Bertz CT molecular complexity index is 596. The number of nitrogens with zero attached hydrogens (tertiary/aromatic N) is 1. The number of piperidine rings is 1. The van der Waals surface area contributed by atoms with Crippen LogP contribution in [0.3, 0.4) is 0 Å². The molecule has 0 spiro atoms. The maximum Gasteiger partial charge on any atom is 0.272 e. The number of furan rings is 1. The number of carbonyl (C=O) groups is 1. The summed E-state index contributed by atoms with van der Waals surface area (Å²) in [6, 6.07) is 5.63. The number of nitrogens with one attached hydrogen (secondary N) is 3. The van der Waals surface area contributed by atoms with Crippen molar-refractivity contribution in [3.63, 3.8) is 0 Å². The molecule has 0 aromatic carbocycles. The molecule has 1 aliphatic heterocycles. The van der Waals surface area contributed by atoms with Crippen molar-refractivity contribution in [2.24, 2.45) is 0 Å². The number of aryl methyl sites for hydroxylation is 1. The molecule has 3 rings (SSSR count). The molecule has 0 aliphatic carbocycles. The molecule has 6 nitrogen and oxygen atoms in total. The lowest BCUT2D eigenvalue weighted by molar-refractivity contribution is 0.0925. The lowest BCUT2D eigenvalue weighted by Gasteiger charge is -2.23. The first kappa shape index (κ1) is 12.9. The van der Waals surface area contributed by atoms with E-state index in [4.69, 9.17) is 4.42 Å². The summed E-state index contributed by atoms with van der Waals surface area (Å²) in [5.74, 6) is 1.37. The maximum absolute atomic E-state index is 12.1. The zero-order valence-corrected chi connectivity index (χ0v) is 11.4. The van der Waals surface area contributed by atoms with Gasteiger partial charge in [0.15, 0.2) is 11.5 Å². The van der Waals surface area contributed by atoms with Gasteiger partial charge in [-0.3, -0.25) is 9.89 Å². The zero-order valence-electron chi connectivity index (χ0n) is 11.4. The van der Waals surface area contributed by atoms with E-state index in [0.29, 0.717) is 17.1 Å². The topological polar surface area (TPSA) is 83.0 Å². The van der Waals surface area contributed by atoms with E-state index in [2.05, 4.69) is 20.8 Å². The van der Waals surface area contributed by atoms with Crippen LogP contribution in [0, 0.1) is 6.92 Å². The lowest BCUT2D eigenvalue weighted by Crippen LogP contribution is -2.45. The fourth-order valence-electron chi connectivity index (χ4n) is 2.38. The highest BCUT2D eigenvalue weighted by atomic mass is 16.3. The number of amides is 1. The van der Waals surface area contributed by atoms with Crippen molar-refractivity contribution in [1.29, 1.82) is 0 Å². The predicted molar refractivity (Wildman–Crippen MR) is 74.4 cm³/mol. The summed E-state index contributed by atoms with van der Waals surface area (Å²) < 4.78 is 5.50. The number of aromatic amines is 1. The average Bonchev–Trinajstić information content (AvgIpc) is 3.08. The standard InChI is InChI=1S/C14H18N4O2/c1-9-4-5-13(20-9)11-7-12(18-17-11)14(19)16-10-3-2-6-15-8-10/h4-5,7,10,15H,2-3,6,8H2,1H3,(H,16,19)(H,17,18)/t10-/m0/s1. The van der Waals surface area contributed by atoms with Gasteiger partial charge in [-0.15, -0.1) is 0 Å². The molecule has 0 unspecified atom stereocenters. The molecular formula is C14H18N4O2. The molecular weight excluding hydrogens is 256 g/mol. The molecule has 1 fully saturated rings. The van der Waals surface area contributed by atoms with Crippen LogP contribution < -0.4 is 10.6 Å². The maximum atomic E-state index is 12.1. The molecule has 1 aliphatic rings. The first-order chi connectivity index (χ1) is 9.72. The smallest absolute Gasteiger partial charge is 0.272 e. The van der Waals surface area contributed by atoms with Gasteiger partial charge in [0, 0.05) is 18.7 Å². The second-order valence-electron chi connectivity index (χ2n) is 5.09. The second kappa shape index (κ2) is 5.50. The molecule has 2 aromatic heterocycles. The van der Waals surface area contributed by atoms with E-state index in [1.165, 1.54) is 0 Å². The fourth-order valence-corrected chi connectivity index (χ4v) is 2.38. The summed E-state index contributed by atoms with van der Waals surface area (Å²) in [4.78, 5) is 12.1. The summed E-state index contributed by atoms with van der Waals surface area (Å²) in [6.07, 6.45) is 2.09. The van der Waals surface area contributed by atoms with Gasteiger partial charge in [-0.2, -0.15) is 5.10 Å². The molecule has 1 atom stereocenters. The van der Waals surface area contributed by atoms with Crippen molar-refractivity contribution in [3.05, 3.63) is 29.7 Å². The van der Waals surface area contributed by atoms with E-state index in [-0.39, 0.29) is 11.9 Å². The number of aromatic nitrogens is 2. The lowest BCUT2D eigenvalue weighted by atomic mass is 10.1. The minimum atomic E-state index is -0.149. The van der Waals surface area contributed by atoms with Crippen molar-refractivity contribution in [3.8, 4) is 11.5 Å². The number of hydrogen-bond donors (Lipinski definition) is 3. The summed E-state index contributed by atoms with van der Waals surface area (Å²) in [5.41, 5.74) is 1.10. The molecule has 106 valence electrons. The Kier molecular flexibility index (Phi) is 3.56. The van der Waals surface area contributed by atoms with E-state index in [9.17, 15) is 4.79 Å². The minimum Gasteiger partial charge on any atom is -0.460 e. The molecule has 20 heavy (non-hydrogen) atoms. The summed E-state index contributed by atoms with van der Waals surface area (Å²) in [5, 5.41) is 13.1. The first-order valence-corrected chi connectivity index (χ1v) is 6.86. The Hall–Kier alpha value is -2.08. The van der Waals surface area contributed by atoms with Gasteiger partial charge in [0.25, 0.3) is 5.91 Å². The normalized spacial score (nSPS) is 18.9. The zero-order chi connectivity index (χ0) is 13.9. The molecule has 0 radical (unpaired) electrons. The van der Waals surface area contributed by atoms with Crippen LogP contribution in [-0.2, 0) is 0 Å². The van der Waals surface area contributed by atoms with Crippen molar-refractivity contribution in [2.45, 2.75) is 25.8 Å². The van der Waals surface area contributed by atoms with Crippen LogP contribution in [0.15, 0.2) is 22.6 Å². The number of rotatable bonds is 3. The molecule has 1 saturated heterocycles. The third-order valence-electron chi connectivity index (χ3n) is 3.45. The monoisotopic (exact) mass is 274 g/mol. The van der Waals surface area contributed by atoms with Crippen LogP contribution in [0.5, 0.6) is 0 Å². The largest absolute Gasteiger partial charge is 0.460 e. The van der Waals surface area contributed by atoms with Crippen LogP contribution in [0.25, 0.3) is 11.5 Å². The fraction of sp³-hybridized carbons (Fsp3) is 0.429. The molecule has 6 heteroatoms. The Morgan fingerprint density at radius 2 is 2.40 bits per heavy atom. The van der Waals surface area contributed by atoms with Gasteiger partial charge in [0.2, 0.25) is 0 Å². The van der Waals surface area contributed by atoms with E-state index in [1.54, 1.807) is 6.07 Å². The highest BCUT2D eigenvalue weighted by molar-refractivity contribution is 5.93. The Balaban J connectivity index is 1.68. The van der Waals surface area contributed by atoms with Crippen LogP contribution in [0.4, 0.5) is 0 Å². The van der Waals surface area contributed by atoms with Crippen LogP contribution in [0.1, 0.15) is 29.1 Å². The molecule has 2 aromatic rings. The molecule has 0 bridgehead atoms. The highest BCUT2D eigenvalue weighted by Gasteiger charge is 2.18. The summed E-state index contributed by atoms with van der Waals surface area (Å²) in [6.45, 7) is 3.72. The third-order valence-corrected chi connectivity index (χ3v) is 3.45. The van der Waals surface area contributed by atoms with E-state index in [0.717, 1.165) is 31.7 Å².